The SMILES string of the molecule is O=S(=O)(O)c1ccccc1C(c1ccc(Nc2ccccc2Cl)cc1)c1ccc(Nc2ccccc2Cl)cc1. The lowest BCUT2D eigenvalue weighted by atomic mass is 9.85. The van der Waals surface area contributed by atoms with Crippen LogP contribution in [0.5, 0.6) is 0 Å². The monoisotopic (exact) mass is 574 g/mol. The molecule has 0 aliphatic rings. The van der Waals surface area contributed by atoms with Gasteiger partial charge in [-0.2, -0.15) is 8.42 Å². The van der Waals surface area contributed by atoms with Crippen molar-refractivity contribution in [3.05, 3.63) is 148 Å². The summed E-state index contributed by atoms with van der Waals surface area (Å²) in [6.07, 6.45) is 0. The van der Waals surface area contributed by atoms with Crippen molar-refractivity contribution >= 4 is 56.1 Å². The van der Waals surface area contributed by atoms with Gasteiger partial charge in [-0.15, -0.1) is 0 Å². The van der Waals surface area contributed by atoms with Crippen molar-refractivity contribution in [2.24, 2.45) is 0 Å². The molecule has 39 heavy (non-hydrogen) atoms. The van der Waals surface area contributed by atoms with Gasteiger partial charge in [-0.3, -0.25) is 4.55 Å². The zero-order chi connectivity index (χ0) is 27.4. The first kappa shape index (κ1) is 26.8. The summed E-state index contributed by atoms with van der Waals surface area (Å²) < 4.78 is 34.6. The molecule has 0 saturated carbocycles. The van der Waals surface area contributed by atoms with Crippen molar-refractivity contribution in [3.8, 4) is 0 Å². The Bertz CT molecular complexity index is 1620. The Morgan fingerprint density at radius 2 is 0.974 bits per heavy atom. The lowest BCUT2D eigenvalue weighted by molar-refractivity contribution is 0.482. The fourth-order valence-corrected chi connectivity index (χ4v) is 5.56. The van der Waals surface area contributed by atoms with E-state index in [0.717, 1.165) is 33.9 Å². The second-order valence-electron chi connectivity index (χ2n) is 8.90. The van der Waals surface area contributed by atoms with Crippen LogP contribution in [0.1, 0.15) is 22.6 Å². The summed E-state index contributed by atoms with van der Waals surface area (Å²) in [4.78, 5) is -0.133. The Labute approximate surface area is 237 Å². The highest BCUT2D eigenvalue weighted by molar-refractivity contribution is 7.85. The fraction of sp³-hybridized carbons (Fsp3) is 0.0323. The largest absolute Gasteiger partial charge is 0.354 e. The predicted octanol–water partition coefficient (Wildman–Crippen LogP) is 8.91. The number of hydrogen-bond acceptors (Lipinski definition) is 4. The van der Waals surface area contributed by atoms with Crippen LogP contribution in [-0.4, -0.2) is 13.0 Å². The van der Waals surface area contributed by atoms with Crippen LogP contribution in [0.4, 0.5) is 22.7 Å². The number of benzene rings is 5. The van der Waals surface area contributed by atoms with Gasteiger partial charge < -0.3 is 10.6 Å². The lowest BCUT2D eigenvalue weighted by Crippen LogP contribution is -2.10. The molecule has 0 saturated heterocycles. The molecule has 0 atom stereocenters. The molecule has 0 aliphatic carbocycles. The third-order valence-corrected chi connectivity index (χ3v) is 7.89. The van der Waals surface area contributed by atoms with E-state index < -0.39 is 16.0 Å². The van der Waals surface area contributed by atoms with Crippen molar-refractivity contribution in [1.82, 2.24) is 0 Å². The zero-order valence-electron chi connectivity index (χ0n) is 20.6. The normalized spacial score (nSPS) is 11.4. The molecule has 0 bridgehead atoms. The van der Waals surface area contributed by atoms with Gasteiger partial charge in [0.05, 0.1) is 26.3 Å². The van der Waals surface area contributed by atoms with Gasteiger partial charge in [0.15, 0.2) is 0 Å². The van der Waals surface area contributed by atoms with E-state index in [-0.39, 0.29) is 4.90 Å². The fourth-order valence-electron chi connectivity index (χ4n) is 4.46. The van der Waals surface area contributed by atoms with E-state index in [9.17, 15) is 13.0 Å². The van der Waals surface area contributed by atoms with Crippen LogP contribution >= 0.6 is 23.2 Å². The van der Waals surface area contributed by atoms with Crippen molar-refractivity contribution in [2.75, 3.05) is 10.6 Å². The predicted molar refractivity (Wildman–Crippen MR) is 160 cm³/mol. The van der Waals surface area contributed by atoms with E-state index in [1.54, 1.807) is 18.2 Å². The lowest BCUT2D eigenvalue weighted by Gasteiger charge is -2.22. The number of anilines is 4. The Hall–Kier alpha value is -3.81. The van der Waals surface area contributed by atoms with Gasteiger partial charge in [0.1, 0.15) is 0 Å². The van der Waals surface area contributed by atoms with E-state index in [1.165, 1.54) is 6.07 Å². The molecule has 8 heteroatoms. The molecule has 0 radical (unpaired) electrons. The number of nitrogens with one attached hydrogen (secondary N) is 2. The van der Waals surface area contributed by atoms with E-state index >= 15 is 0 Å². The van der Waals surface area contributed by atoms with Gasteiger partial charge in [0.2, 0.25) is 0 Å². The molecule has 0 unspecified atom stereocenters. The zero-order valence-corrected chi connectivity index (χ0v) is 22.9. The minimum absolute atomic E-state index is 0.133. The van der Waals surface area contributed by atoms with Crippen LogP contribution in [0.15, 0.2) is 126 Å². The summed E-state index contributed by atoms with van der Waals surface area (Å²) >= 11 is 12.6. The summed E-state index contributed by atoms with van der Waals surface area (Å²) in [5.74, 6) is -0.466. The van der Waals surface area contributed by atoms with Gasteiger partial charge in [-0.1, -0.05) is 89.9 Å². The molecular formula is C31H24Cl2N2O3S. The first-order valence-corrected chi connectivity index (χ1v) is 14.3. The van der Waals surface area contributed by atoms with Crippen LogP contribution in [0, 0.1) is 0 Å². The molecule has 0 fully saturated rings. The summed E-state index contributed by atoms with van der Waals surface area (Å²) in [5.41, 5.74) is 5.38. The Kier molecular flexibility index (Phi) is 7.91. The van der Waals surface area contributed by atoms with Crippen molar-refractivity contribution < 1.29 is 13.0 Å². The van der Waals surface area contributed by atoms with Crippen LogP contribution in [0.2, 0.25) is 10.0 Å². The van der Waals surface area contributed by atoms with Crippen molar-refractivity contribution in [1.29, 1.82) is 0 Å². The van der Waals surface area contributed by atoms with E-state index in [0.29, 0.717) is 15.6 Å². The minimum atomic E-state index is -4.46. The van der Waals surface area contributed by atoms with E-state index in [2.05, 4.69) is 10.6 Å². The maximum atomic E-state index is 12.3. The molecule has 3 N–H and O–H groups in total. The Balaban J connectivity index is 1.53. The molecule has 0 heterocycles. The minimum Gasteiger partial charge on any atom is -0.354 e. The Morgan fingerprint density at radius 1 is 0.564 bits per heavy atom. The standard InChI is InChI=1S/C31H24Cl2N2O3S/c32-26-8-2-4-10-28(26)34-23-17-13-21(14-18-23)31(25-7-1-6-12-30(25)39(36,37)38)22-15-19-24(20-16-22)35-29-11-5-3-9-27(29)33/h1-20,31,34-35H,(H,36,37,38). The number of rotatable bonds is 8. The van der Waals surface area contributed by atoms with E-state index in [1.807, 2.05) is 97.1 Å². The number of para-hydroxylation sites is 2. The molecule has 0 spiro atoms. The van der Waals surface area contributed by atoms with Crippen molar-refractivity contribution in [2.45, 2.75) is 10.8 Å². The average Bonchev–Trinajstić information content (AvgIpc) is 2.93. The average molecular weight is 576 g/mol. The van der Waals surface area contributed by atoms with Crippen molar-refractivity contribution in [3.63, 3.8) is 0 Å². The molecule has 0 aromatic heterocycles. The Morgan fingerprint density at radius 3 is 1.41 bits per heavy atom. The highest BCUT2D eigenvalue weighted by Gasteiger charge is 2.25. The van der Waals surface area contributed by atoms with Crippen LogP contribution in [0.3, 0.4) is 0 Å². The van der Waals surface area contributed by atoms with Crippen LogP contribution in [-0.2, 0) is 10.1 Å². The summed E-state index contributed by atoms with van der Waals surface area (Å²) in [7, 11) is -4.46. The van der Waals surface area contributed by atoms with Crippen LogP contribution < -0.4 is 10.6 Å². The summed E-state index contributed by atoms with van der Waals surface area (Å²) in [5, 5.41) is 7.81. The topological polar surface area (TPSA) is 78.4 Å². The second-order valence-corrected chi connectivity index (χ2v) is 11.1. The molecule has 0 aliphatic heterocycles. The van der Waals surface area contributed by atoms with E-state index in [4.69, 9.17) is 23.2 Å². The van der Waals surface area contributed by atoms with Gasteiger partial charge in [-0.25, -0.2) is 0 Å². The van der Waals surface area contributed by atoms with Gasteiger partial charge in [-0.05, 0) is 71.3 Å². The molecule has 5 nitrogen and oxygen atoms in total. The van der Waals surface area contributed by atoms with Gasteiger partial charge in [0, 0.05) is 17.3 Å². The van der Waals surface area contributed by atoms with Crippen LogP contribution in [0.25, 0.3) is 0 Å². The molecule has 0 amide bonds. The maximum Gasteiger partial charge on any atom is 0.294 e. The first-order valence-electron chi connectivity index (χ1n) is 12.1. The highest BCUT2D eigenvalue weighted by Crippen LogP contribution is 2.37. The number of hydrogen-bond donors (Lipinski definition) is 3. The molecule has 5 aromatic rings. The summed E-state index contributed by atoms with van der Waals surface area (Å²) in [6.45, 7) is 0. The highest BCUT2D eigenvalue weighted by atomic mass is 35.5. The third-order valence-electron chi connectivity index (χ3n) is 6.30. The molecule has 5 aromatic carbocycles. The quantitative estimate of drug-likeness (QED) is 0.127. The van der Waals surface area contributed by atoms with Gasteiger partial charge >= 0.3 is 0 Å². The smallest absolute Gasteiger partial charge is 0.294 e. The first-order chi connectivity index (χ1) is 18.8. The number of halogens is 2. The maximum absolute atomic E-state index is 12.3. The molecule has 196 valence electrons. The molecule has 5 rings (SSSR count). The third kappa shape index (κ3) is 6.27. The second kappa shape index (κ2) is 11.5. The van der Waals surface area contributed by atoms with Gasteiger partial charge in [0.25, 0.3) is 10.1 Å². The summed E-state index contributed by atoms with van der Waals surface area (Å²) in [6, 6.07) is 36.8. The molecular weight excluding hydrogens is 551 g/mol.